The molecular formula is C25H24. The van der Waals surface area contributed by atoms with Crippen molar-refractivity contribution in [3.8, 4) is 11.1 Å². The van der Waals surface area contributed by atoms with Crippen molar-refractivity contribution in [1.82, 2.24) is 0 Å². The molecule has 0 fully saturated rings. The maximum atomic E-state index is 2.32. The Morgan fingerprint density at radius 3 is 2.00 bits per heavy atom. The van der Waals surface area contributed by atoms with Crippen molar-refractivity contribution in [2.24, 2.45) is 0 Å². The van der Waals surface area contributed by atoms with Gasteiger partial charge in [-0.15, -0.1) is 0 Å². The lowest BCUT2D eigenvalue weighted by molar-refractivity contribution is 0.506. The summed E-state index contributed by atoms with van der Waals surface area (Å²) in [5.74, 6) is 0. The Labute approximate surface area is 150 Å². The predicted octanol–water partition coefficient (Wildman–Crippen LogP) is 7.35. The van der Waals surface area contributed by atoms with Crippen molar-refractivity contribution in [2.75, 3.05) is 0 Å². The van der Waals surface area contributed by atoms with Gasteiger partial charge in [0.15, 0.2) is 0 Å². The third-order valence-corrected chi connectivity index (χ3v) is 5.61. The highest BCUT2D eigenvalue weighted by Gasteiger charge is 2.17. The molecule has 0 aliphatic rings. The van der Waals surface area contributed by atoms with Crippen LogP contribution in [-0.2, 0) is 5.41 Å². The summed E-state index contributed by atoms with van der Waals surface area (Å²) in [6.45, 7) is 6.88. The van der Waals surface area contributed by atoms with Gasteiger partial charge in [0, 0.05) is 0 Å². The van der Waals surface area contributed by atoms with E-state index in [1.807, 2.05) is 0 Å². The molecule has 0 heteroatoms. The van der Waals surface area contributed by atoms with Gasteiger partial charge in [-0.1, -0.05) is 87.5 Å². The SMILES string of the molecule is CCC(C)(C)c1ccc(-c2cccc3cc4ccccc4cc23)cc1. The van der Waals surface area contributed by atoms with Crippen LogP contribution >= 0.6 is 0 Å². The highest BCUT2D eigenvalue weighted by Crippen LogP contribution is 2.34. The van der Waals surface area contributed by atoms with Crippen LogP contribution in [0.1, 0.15) is 32.8 Å². The van der Waals surface area contributed by atoms with E-state index in [4.69, 9.17) is 0 Å². The van der Waals surface area contributed by atoms with E-state index < -0.39 is 0 Å². The molecule has 124 valence electrons. The van der Waals surface area contributed by atoms with E-state index in [1.165, 1.54) is 38.2 Å². The van der Waals surface area contributed by atoms with Crippen molar-refractivity contribution in [2.45, 2.75) is 32.6 Å². The summed E-state index contributed by atoms with van der Waals surface area (Å²) in [5.41, 5.74) is 4.23. The second-order valence-electron chi connectivity index (χ2n) is 7.54. The van der Waals surface area contributed by atoms with Crippen LogP contribution in [0.3, 0.4) is 0 Å². The van der Waals surface area contributed by atoms with Gasteiger partial charge in [-0.05, 0) is 62.2 Å². The zero-order chi connectivity index (χ0) is 17.4. The quantitative estimate of drug-likeness (QED) is 0.346. The van der Waals surface area contributed by atoms with Crippen LogP contribution in [0.15, 0.2) is 78.9 Å². The smallest absolute Gasteiger partial charge is 0.00990 e. The molecule has 0 atom stereocenters. The Kier molecular flexibility index (Phi) is 3.84. The highest BCUT2D eigenvalue weighted by atomic mass is 14.2. The maximum Gasteiger partial charge on any atom is -0.00990 e. The second-order valence-corrected chi connectivity index (χ2v) is 7.54. The monoisotopic (exact) mass is 324 g/mol. The topological polar surface area (TPSA) is 0 Å². The zero-order valence-electron chi connectivity index (χ0n) is 15.2. The van der Waals surface area contributed by atoms with Crippen LogP contribution in [0.5, 0.6) is 0 Å². The highest BCUT2D eigenvalue weighted by molar-refractivity contribution is 6.04. The fourth-order valence-corrected chi connectivity index (χ4v) is 3.52. The number of hydrogen-bond acceptors (Lipinski definition) is 0. The molecule has 0 radical (unpaired) electrons. The van der Waals surface area contributed by atoms with Crippen LogP contribution in [0.4, 0.5) is 0 Å². The summed E-state index contributed by atoms with van der Waals surface area (Å²) in [6, 6.07) is 28.9. The minimum absolute atomic E-state index is 0.230. The fourth-order valence-electron chi connectivity index (χ4n) is 3.52. The van der Waals surface area contributed by atoms with Crippen LogP contribution < -0.4 is 0 Å². The summed E-state index contributed by atoms with van der Waals surface area (Å²) >= 11 is 0. The first-order chi connectivity index (χ1) is 12.1. The van der Waals surface area contributed by atoms with Gasteiger partial charge in [0.25, 0.3) is 0 Å². The van der Waals surface area contributed by atoms with E-state index in [9.17, 15) is 0 Å². The number of rotatable bonds is 3. The molecule has 0 spiro atoms. The molecule has 0 aliphatic heterocycles. The lowest BCUT2D eigenvalue weighted by Gasteiger charge is -2.23. The minimum atomic E-state index is 0.230. The van der Waals surface area contributed by atoms with Gasteiger partial charge in [0.2, 0.25) is 0 Å². The summed E-state index contributed by atoms with van der Waals surface area (Å²) < 4.78 is 0. The van der Waals surface area contributed by atoms with E-state index >= 15 is 0 Å². The molecule has 0 N–H and O–H groups in total. The van der Waals surface area contributed by atoms with Crippen LogP contribution in [0.2, 0.25) is 0 Å². The van der Waals surface area contributed by atoms with Crippen molar-refractivity contribution in [3.63, 3.8) is 0 Å². The summed E-state index contributed by atoms with van der Waals surface area (Å²) in [7, 11) is 0. The van der Waals surface area contributed by atoms with Crippen molar-refractivity contribution in [3.05, 3.63) is 84.4 Å². The van der Waals surface area contributed by atoms with Gasteiger partial charge < -0.3 is 0 Å². The van der Waals surface area contributed by atoms with Crippen molar-refractivity contribution < 1.29 is 0 Å². The molecule has 0 unspecified atom stereocenters. The standard InChI is InChI=1S/C25H24/c1-4-25(2,3)22-14-12-18(13-15-22)23-11-7-10-21-16-19-8-5-6-9-20(19)17-24(21)23/h5-17H,4H2,1-3H3. The summed E-state index contributed by atoms with van der Waals surface area (Å²) in [4.78, 5) is 0. The third kappa shape index (κ3) is 2.82. The Morgan fingerprint density at radius 1 is 0.680 bits per heavy atom. The van der Waals surface area contributed by atoms with Crippen molar-refractivity contribution >= 4 is 21.5 Å². The zero-order valence-corrected chi connectivity index (χ0v) is 15.2. The normalized spacial score (nSPS) is 12.0. The lowest BCUT2D eigenvalue weighted by Crippen LogP contribution is -2.14. The average Bonchev–Trinajstić information content (AvgIpc) is 2.66. The minimum Gasteiger partial charge on any atom is -0.0646 e. The Hall–Kier alpha value is -2.60. The first kappa shape index (κ1) is 15.9. The first-order valence-electron chi connectivity index (χ1n) is 9.11. The van der Waals surface area contributed by atoms with Gasteiger partial charge in [-0.2, -0.15) is 0 Å². The molecule has 4 aromatic carbocycles. The molecule has 0 aliphatic carbocycles. The molecule has 4 aromatic rings. The molecule has 0 bridgehead atoms. The Morgan fingerprint density at radius 2 is 1.32 bits per heavy atom. The summed E-state index contributed by atoms with van der Waals surface area (Å²) in [5, 5.41) is 5.22. The molecule has 0 nitrogen and oxygen atoms in total. The Bertz CT molecular complexity index is 1040. The molecule has 25 heavy (non-hydrogen) atoms. The molecule has 4 rings (SSSR count). The fraction of sp³-hybridized carbons (Fsp3) is 0.200. The van der Waals surface area contributed by atoms with E-state index in [2.05, 4.69) is 99.6 Å². The van der Waals surface area contributed by atoms with E-state index in [-0.39, 0.29) is 5.41 Å². The summed E-state index contributed by atoms with van der Waals surface area (Å²) in [6.07, 6.45) is 1.15. The molecular weight excluding hydrogens is 300 g/mol. The van der Waals surface area contributed by atoms with Crippen LogP contribution in [0, 0.1) is 0 Å². The number of fused-ring (bicyclic) bond motifs is 2. The van der Waals surface area contributed by atoms with Crippen molar-refractivity contribution in [1.29, 1.82) is 0 Å². The molecule has 0 aromatic heterocycles. The van der Waals surface area contributed by atoms with E-state index in [0.717, 1.165) is 6.42 Å². The third-order valence-electron chi connectivity index (χ3n) is 5.61. The van der Waals surface area contributed by atoms with Gasteiger partial charge in [-0.3, -0.25) is 0 Å². The molecule has 0 amide bonds. The molecule has 0 saturated heterocycles. The first-order valence-corrected chi connectivity index (χ1v) is 9.11. The maximum absolute atomic E-state index is 2.32. The number of benzene rings is 4. The number of hydrogen-bond donors (Lipinski definition) is 0. The lowest BCUT2D eigenvalue weighted by atomic mass is 9.81. The van der Waals surface area contributed by atoms with Gasteiger partial charge in [0.05, 0.1) is 0 Å². The predicted molar refractivity (Wildman–Crippen MR) is 110 cm³/mol. The van der Waals surface area contributed by atoms with Gasteiger partial charge in [0.1, 0.15) is 0 Å². The van der Waals surface area contributed by atoms with E-state index in [0.29, 0.717) is 0 Å². The molecule has 0 saturated carbocycles. The second kappa shape index (κ2) is 6.04. The van der Waals surface area contributed by atoms with Gasteiger partial charge >= 0.3 is 0 Å². The van der Waals surface area contributed by atoms with Gasteiger partial charge in [-0.25, -0.2) is 0 Å². The molecule has 0 heterocycles. The van der Waals surface area contributed by atoms with Crippen LogP contribution in [-0.4, -0.2) is 0 Å². The van der Waals surface area contributed by atoms with Crippen LogP contribution in [0.25, 0.3) is 32.7 Å². The largest absolute Gasteiger partial charge is 0.0646 e. The Balaban J connectivity index is 1.87. The van der Waals surface area contributed by atoms with E-state index in [1.54, 1.807) is 0 Å². The average molecular weight is 324 g/mol.